The molecule has 1 unspecified atom stereocenters. The maximum Gasteiger partial charge on any atom is 0.302 e. The average Bonchev–Trinajstić information content (AvgIpc) is 2.83. The Bertz CT molecular complexity index is 632. The molecule has 0 aromatic rings. The van der Waals surface area contributed by atoms with Crippen molar-refractivity contribution in [1.29, 1.82) is 0 Å². The highest BCUT2D eigenvalue weighted by atomic mass is 16.5. The third kappa shape index (κ3) is 2.29. The maximum atomic E-state index is 12.5. The summed E-state index contributed by atoms with van der Waals surface area (Å²) in [6.07, 6.45) is 4.41. The van der Waals surface area contributed by atoms with Crippen LogP contribution in [0.25, 0.3) is 0 Å². The van der Waals surface area contributed by atoms with E-state index in [0.717, 1.165) is 25.7 Å². The third-order valence-electron chi connectivity index (χ3n) is 8.90. The molecule has 4 rings (SSSR count). The zero-order chi connectivity index (χ0) is 18.9. The van der Waals surface area contributed by atoms with E-state index in [1.807, 2.05) is 6.92 Å². The predicted molar refractivity (Wildman–Crippen MR) is 95.1 cm³/mol. The standard InChI is InChI=1S/C21H32O5/c1-12(22)26-11-20(3)16-8-18(25)21-9-13(14(23)10-21)4-5-15(21)19(16,2)7-6-17(20)24/h13,15-18,24-25H,4-11H2,1-3H3/t13-,15+,16?,17-,18+,19+,20-,21-/m1/s1. The van der Waals surface area contributed by atoms with Gasteiger partial charge in [0.2, 0.25) is 0 Å². The molecule has 4 aliphatic carbocycles. The first-order chi connectivity index (χ1) is 12.1. The topological polar surface area (TPSA) is 83.8 Å². The molecule has 2 bridgehead atoms. The molecule has 8 atom stereocenters. The largest absolute Gasteiger partial charge is 0.465 e. The van der Waals surface area contributed by atoms with Crippen molar-refractivity contribution >= 4 is 11.8 Å². The maximum absolute atomic E-state index is 12.5. The van der Waals surface area contributed by atoms with Crippen LogP contribution in [0, 0.1) is 34.0 Å². The van der Waals surface area contributed by atoms with E-state index >= 15 is 0 Å². The van der Waals surface area contributed by atoms with Crippen molar-refractivity contribution in [3.05, 3.63) is 0 Å². The second-order valence-corrected chi connectivity index (χ2v) is 10.1. The Hall–Kier alpha value is -0.940. The molecule has 0 saturated heterocycles. The van der Waals surface area contributed by atoms with Crippen molar-refractivity contribution in [2.24, 2.45) is 34.0 Å². The molecule has 0 aromatic carbocycles. The molecule has 0 aromatic heterocycles. The summed E-state index contributed by atoms with van der Waals surface area (Å²) in [6.45, 7) is 5.90. The number of carbonyl (C=O) groups is 2. The van der Waals surface area contributed by atoms with Crippen LogP contribution in [0.3, 0.4) is 0 Å². The number of rotatable bonds is 2. The number of hydrogen-bond donors (Lipinski definition) is 2. The first-order valence-corrected chi connectivity index (χ1v) is 10.2. The van der Waals surface area contributed by atoms with E-state index in [0.29, 0.717) is 31.0 Å². The van der Waals surface area contributed by atoms with Gasteiger partial charge >= 0.3 is 5.97 Å². The number of Topliss-reactive ketones (excluding diaryl/α,β-unsaturated/α-hetero) is 1. The van der Waals surface area contributed by atoms with Gasteiger partial charge in [-0.3, -0.25) is 9.59 Å². The summed E-state index contributed by atoms with van der Waals surface area (Å²) in [4.78, 5) is 23.9. The first-order valence-electron chi connectivity index (χ1n) is 10.2. The number of ether oxygens (including phenoxy) is 1. The van der Waals surface area contributed by atoms with Crippen molar-refractivity contribution < 1.29 is 24.5 Å². The van der Waals surface area contributed by atoms with Crippen molar-refractivity contribution in [2.75, 3.05) is 6.61 Å². The summed E-state index contributed by atoms with van der Waals surface area (Å²) in [6, 6.07) is 0. The fourth-order valence-corrected chi connectivity index (χ4v) is 7.57. The molecule has 1 spiro atoms. The molecule has 0 amide bonds. The van der Waals surface area contributed by atoms with Crippen LogP contribution in [0.4, 0.5) is 0 Å². The van der Waals surface area contributed by atoms with Gasteiger partial charge in [0.1, 0.15) is 5.78 Å². The Morgan fingerprint density at radius 3 is 2.58 bits per heavy atom. The molecule has 0 aliphatic heterocycles. The zero-order valence-electron chi connectivity index (χ0n) is 16.2. The van der Waals surface area contributed by atoms with Gasteiger partial charge in [-0.1, -0.05) is 13.8 Å². The van der Waals surface area contributed by atoms with Gasteiger partial charge in [-0.05, 0) is 55.8 Å². The summed E-state index contributed by atoms with van der Waals surface area (Å²) in [5.41, 5.74) is -0.862. The van der Waals surface area contributed by atoms with E-state index < -0.39 is 17.6 Å². The van der Waals surface area contributed by atoms with E-state index in [4.69, 9.17) is 4.74 Å². The van der Waals surface area contributed by atoms with E-state index in [1.165, 1.54) is 6.92 Å². The zero-order valence-corrected chi connectivity index (χ0v) is 16.2. The number of fused-ring (bicyclic) bond motifs is 3. The number of aliphatic hydroxyl groups is 2. The van der Waals surface area contributed by atoms with Gasteiger partial charge in [0.25, 0.3) is 0 Å². The molecule has 2 N–H and O–H groups in total. The smallest absolute Gasteiger partial charge is 0.302 e. The molecular weight excluding hydrogens is 332 g/mol. The summed E-state index contributed by atoms with van der Waals surface area (Å²) < 4.78 is 5.36. The van der Waals surface area contributed by atoms with Gasteiger partial charge < -0.3 is 14.9 Å². The normalized spacial score (nSPS) is 53.0. The van der Waals surface area contributed by atoms with Gasteiger partial charge in [0.15, 0.2) is 0 Å². The van der Waals surface area contributed by atoms with Crippen molar-refractivity contribution in [2.45, 2.75) is 77.9 Å². The van der Waals surface area contributed by atoms with Gasteiger partial charge in [-0.2, -0.15) is 0 Å². The molecule has 4 aliphatic rings. The summed E-state index contributed by atoms with van der Waals surface area (Å²) >= 11 is 0. The van der Waals surface area contributed by atoms with Crippen molar-refractivity contribution in [3.63, 3.8) is 0 Å². The van der Waals surface area contributed by atoms with Crippen LogP contribution in [0.2, 0.25) is 0 Å². The van der Waals surface area contributed by atoms with E-state index in [2.05, 4.69) is 6.92 Å². The second kappa shape index (κ2) is 5.78. The lowest BCUT2D eigenvalue weighted by molar-refractivity contribution is -0.232. The molecular formula is C21H32O5. The quantitative estimate of drug-likeness (QED) is 0.736. The molecule has 4 fully saturated rings. The Kier molecular flexibility index (Phi) is 4.09. The monoisotopic (exact) mass is 364 g/mol. The molecule has 0 heterocycles. The summed E-state index contributed by atoms with van der Waals surface area (Å²) in [5.74, 6) is 0.529. The Morgan fingerprint density at radius 2 is 1.88 bits per heavy atom. The minimum atomic E-state index is -0.555. The number of carbonyl (C=O) groups excluding carboxylic acids is 2. The first kappa shape index (κ1) is 18.4. The van der Waals surface area contributed by atoms with Crippen molar-refractivity contribution in [1.82, 2.24) is 0 Å². The van der Waals surface area contributed by atoms with Gasteiger partial charge in [0, 0.05) is 30.1 Å². The van der Waals surface area contributed by atoms with Crippen molar-refractivity contribution in [3.8, 4) is 0 Å². The van der Waals surface area contributed by atoms with Crippen LogP contribution in [0.15, 0.2) is 0 Å². The molecule has 26 heavy (non-hydrogen) atoms. The highest BCUT2D eigenvalue weighted by Gasteiger charge is 2.69. The highest BCUT2D eigenvalue weighted by Crippen LogP contribution is 2.70. The fraction of sp³-hybridized carbons (Fsp3) is 0.905. The SMILES string of the molecule is CC(=O)OC[C@]1(C)C2C[C@H](O)[C@]34CC(=O)[C@H](CC[C@H]3[C@]2(C)CC[C@H]1O)C4. The van der Waals surface area contributed by atoms with Crippen LogP contribution >= 0.6 is 0 Å². The van der Waals surface area contributed by atoms with Crippen LogP contribution in [0.5, 0.6) is 0 Å². The van der Waals surface area contributed by atoms with Crippen LogP contribution in [0.1, 0.15) is 65.7 Å². The highest BCUT2D eigenvalue weighted by molar-refractivity contribution is 5.84. The van der Waals surface area contributed by atoms with Gasteiger partial charge in [-0.25, -0.2) is 0 Å². The van der Waals surface area contributed by atoms with E-state index in [-0.39, 0.29) is 35.2 Å². The summed E-state index contributed by atoms with van der Waals surface area (Å²) in [5, 5.41) is 22.0. The molecule has 4 saturated carbocycles. The average molecular weight is 364 g/mol. The van der Waals surface area contributed by atoms with Crippen LogP contribution < -0.4 is 0 Å². The molecule has 5 nitrogen and oxygen atoms in total. The minimum absolute atomic E-state index is 0.0387. The third-order valence-corrected chi connectivity index (χ3v) is 8.90. The number of aliphatic hydroxyl groups excluding tert-OH is 2. The van der Waals surface area contributed by atoms with Gasteiger partial charge in [-0.15, -0.1) is 0 Å². The van der Waals surface area contributed by atoms with E-state index in [1.54, 1.807) is 0 Å². The number of ketones is 1. The van der Waals surface area contributed by atoms with Crippen LogP contribution in [-0.4, -0.2) is 40.8 Å². The Morgan fingerprint density at radius 1 is 1.15 bits per heavy atom. The molecule has 0 radical (unpaired) electrons. The fourth-order valence-electron chi connectivity index (χ4n) is 7.57. The molecule has 146 valence electrons. The van der Waals surface area contributed by atoms with E-state index in [9.17, 15) is 19.8 Å². The Labute approximate surface area is 155 Å². The Balaban J connectivity index is 1.72. The lowest BCUT2D eigenvalue weighted by atomic mass is 9.40. The second-order valence-electron chi connectivity index (χ2n) is 10.1. The molecule has 5 heteroatoms. The van der Waals surface area contributed by atoms with Gasteiger partial charge in [0.05, 0.1) is 18.8 Å². The summed E-state index contributed by atoms with van der Waals surface area (Å²) in [7, 11) is 0. The number of hydrogen-bond acceptors (Lipinski definition) is 5. The lowest BCUT2D eigenvalue weighted by Crippen LogP contribution is -2.65. The van der Waals surface area contributed by atoms with Crippen LogP contribution in [-0.2, 0) is 14.3 Å². The lowest BCUT2D eigenvalue weighted by Gasteiger charge is -2.66. The minimum Gasteiger partial charge on any atom is -0.465 e. The number of esters is 1. The predicted octanol–water partition coefficient (Wildman–Crippen LogP) is 2.47.